The van der Waals surface area contributed by atoms with Crippen molar-refractivity contribution in [1.29, 1.82) is 0 Å². The van der Waals surface area contributed by atoms with E-state index in [0.717, 1.165) is 29.8 Å². The van der Waals surface area contributed by atoms with E-state index in [4.69, 9.17) is 0 Å². The van der Waals surface area contributed by atoms with Crippen molar-refractivity contribution in [3.8, 4) is 0 Å². The third-order valence-corrected chi connectivity index (χ3v) is 3.83. The van der Waals surface area contributed by atoms with Crippen LogP contribution in [0.4, 0.5) is 13.2 Å². The van der Waals surface area contributed by atoms with Crippen LogP contribution in [0, 0.1) is 6.92 Å². The van der Waals surface area contributed by atoms with Gasteiger partial charge in [-0.3, -0.25) is 15.0 Å². The maximum absolute atomic E-state index is 12.9. The molecule has 0 aliphatic carbocycles. The molecule has 27 heavy (non-hydrogen) atoms. The van der Waals surface area contributed by atoms with E-state index in [9.17, 15) is 22.8 Å². The van der Waals surface area contributed by atoms with Crippen molar-refractivity contribution in [3.05, 3.63) is 70.8 Å². The lowest BCUT2D eigenvalue weighted by molar-refractivity contribution is -0.137. The largest absolute Gasteiger partial charge is 0.416 e. The molecule has 0 aromatic heterocycles. The van der Waals surface area contributed by atoms with Crippen LogP contribution in [0.5, 0.6) is 0 Å². The number of hydrogen-bond acceptors (Lipinski definition) is 2. The molecule has 0 heterocycles. The van der Waals surface area contributed by atoms with Crippen LogP contribution >= 0.6 is 0 Å². The van der Waals surface area contributed by atoms with E-state index < -0.39 is 29.1 Å². The van der Waals surface area contributed by atoms with Gasteiger partial charge in [0.25, 0.3) is 11.8 Å². The van der Waals surface area contributed by atoms with Crippen molar-refractivity contribution in [2.75, 3.05) is 0 Å². The second kappa shape index (κ2) is 7.42. The maximum atomic E-state index is 12.9. The van der Waals surface area contributed by atoms with Gasteiger partial charge in [0.15, 0.2) is 0 Å². The Hall–Kier alpha value is -2.83. The summed E-state index contributed by atoms with van der Waals surface area (Å²) in [5.74, 6) is -1.08. The fourth-order valence-electron chi connectivity index (χ4n) is 2.41. The first kappa shape index (κ1) is 20.5. The number of carbonyl (C=O) groups is 2. The van der Waals surface area contributed by atoms with Crippen LogP contribution in [0.15, 0.2) is 48.5 Å². The first-order valence-corrected chi connectivity index (χ1v) is 8.29. The first-order valence-electron chi connectivity index (χ1n) is 8.29. The number of benzene rings is 2. The standard InChI is InChI=1S/C20H21F3N2O2/c1-13-6-5-7-15(12-13)18(27)25(19(2,3)4)24-17(26)14-8-10-16(11-9-14)20(21,22)23/h5-12H,1-4H3,(H,24,26). The highest BCUT2D eigenvalue weighted by molar-refractivity contribution is 5.99. The summed E-state index contributed by atoms with van der Waals surface area (Å²) < 4.78 is 38.0. The van der Waals surface area contributed by atoms with Crippen LogP contribution in [0.1, 0.15) is 52.6 Å². The highest BCUT2D eigenvalue weighted by Crippen LogP contribution is 2.29. The molecule has 2 amide bonds. The molecular weight excluding hydrogens is 357 g/mol. The van der Waals surface area contributed by atoms with Gasteiger partial charge >= 0.3 is 6.18 Å². The molecule has 0 radical (unpaired) electrons. The smallest absolute Gasteiger partial charge is 0.267 e. The van der Waals surface area contributed by atoms with Gasteiger partial charge in [-0.2, -0.15) is 13.2 Å². The summed E-state index contributed by atoms with van der Waals surface area (Å²) in [6.07, 6.45) is -4.48. The average molecular weight is 378 g/mol. The third kappa shape index (κ3) is 5.09. The minimum atomic E-state index is -4.48. The lowest BCUT2D eigenvalue weighted by Gasteiger charge is -2.35. The highest BCUT2D eigenvalue weighted by Gasteiger charge is 2.32. The van der Waals surface area contributed by atoms with Crippen molar-refractivity contribution in [1.82, 2.24) is 10.4 Å². The molecule has 0 spiro atoms. The summed E-state index contributed by atoms with van der Waals surface area (Å²) in [5.41, 5.74) is 2.24. The summed E-state index contributed by atoms with van der Waals surface area (Å²) in [4.78, 5) is 25.3. The topological polar surface area (TPSA) is 49.4 Å². The Labute approximate surface area is 156 Å². The van der Waals surface area contributed by atoms with E-state index in [1.165, 1.54) is 5.01 Å². The van der Waals surface area contributed by atoms with Gasteiger partial charge in [0.1, 0.15) is 0 Å². The number of alkyl halides is 3. The summed E-state index contributed by atoms with van der Waals surface area (Å²) >= 11 is 0. The summed E-state index contributed by atoms with van der Waals surface area (Å²) in [6.45, 7) is 7.08. The van der Waals surface area contributed by atoms with Crippen LogP contribution in [0.3, 0.4) is 0 Å². The van der Waals surface area contributed by atoms with Crippen molar-refractivity contribution in [2.24, 2.45) is 0 Å². The molecule has 0 aliphatic heterocycles. The molecule has 0 saturated carbocycles. The van der Waals surface area contributed by atoms with Crippen LogP contribution < -0.4 is 5.43 Å². The molecule has 0 unspecified atom stereocenters. The second-order valence-electron chi connectivity index (χ2n) is 7.20. The minimum absolute atomic E-state index is 0.0225. The Balaban J connectivity index is 2.26. The van der Waals surface area contributed by atoms with E-state index in [0.29, 0.717) is 5.56 Å². The average Bonchev–Trinajstić information content (AvgIpc) is 2.57. The summed E-state index contributed by atoms with van der Waals surface area (Å²) in [5, 5.41) is 1.18. The van der Waals surface area contributed by atoms with Gasteiger partial charge in [0.05, 0.1) is 11.1 Å². The molecular formula is C20H21F3N2O2. The van der Waals surface area contributed by atoms with E-state index in [-0.39, 0.29) is 5.56 Å². The fraction of sp³-hybridized carbons (Fsp3) is 0.300. The molecule has 4 nitrogen and oxygen atoms in total. The number of rotatable bonds is 2. The Kier molecular flexibility index (Phi) is 5.63. The molecule has 2 aromatic carbocycles. The maximum Gasteiger partial charge on any atom is 0.416 e. The molecule has 0 aliphatic rings. The Bertz CT molecular complexity index is 838. The van der Waals surface area contributed by atoms with E-state index in [2.05, 4.69) is 5.43 Å². The number of nitrogens with one attached hydrogen (secondary N) is 1. The van der Waals surface area contributed by atoms with Gasteiger partial charge in [0.2, 0.25) is 0 Å². The Morgan fingerprint density at radius 1 is 0.926 bits per heavy atom. The predicted octanol–water partition coefficient (Wildman–Crippen LogP) is 4.60. The number of amides is 2. The number of nitrogens with zero attached hydrogens (tertiary/aromatic N) is 1. The van der Waals surface area contributed by atoms with Crippen LogP contribution in [-0.2, 0) is 6.18 Å². The van der Waals surface area contributed by atoms with E-state index in [1.807, 2.05) is 13.0 Å². The highest BCUT2D eigenvalue weighted by atomic mass is 19.4. The Morgan fingerprint density at radius 2 is 1.52 bits per heavy atom. The predicted molar refractivity (Wildman–Crippen MR) is 96.0 cm³/mol. The SMILES string of the molecule is Cc1cccc(C(=O)N(NC(=O)c2ccc(C(F)(F)F)cc2)C(C)(C)C)c1. The van der Waals surface area contributed by atoms with Gasteiger partial charge in [-0.05, 0) is 64.1 Å². The number of hydrazine groups is 1. The number of halogens is 3. The van der Waals surface area contributed by atoms with Crippen molar-refractivity contribution in [2.45, 2.75) is 39.4 Å². The monoisotopic (exact) mass is 378 g/mol. The normalized spacial score (nSPS) is 11.8. The van der Waals surface area contributed by atoms with E-state index in [1.54, 1.807) is 39.0 Å². The first-order chi connectivity index (χ1) is 12.4. The quantitative estimate of drug-likeness (QED) is 0.777. The second-order valence-corrected chi connectivity index (χ2v) is 7.20. The lowest BCUT2D eigenvalue weighted by Crippen LogP contribution is -2.55. The third-order valence-electron chi connectivity index (χ3n) is 3.83. The van der Waals surface area contributed by atoms with Gasteiger partial charge in [-0.1, -0.05) is 17.7 Å². The number of aryl methyl sites for hydroxylation is 1. The van der Waals surface area contributed by atoms with E-state index >= 15 is 0 Å². The lowest BCUT2D eigenvalue weighted by atomic mass is 10.1. The molecule has 2 aromatic rings. The summed E-state index contributed by atoms with van der Waals surface area (Å²) in [7, 11) is 0. The van der Waals surface area contributed by atoms with Crippen LogP contribution in [0.25, 0.3) is 0 Å². The molecule has 0 bridgehead atoms. The zero-order valence-corrected chi connectivity index (χ0v) is 15.5. The fourth-order valence-corrected chi connectivity index (χ4v) is 2.41. The van der Waals surface area contributed by atoms with Crippen LogP contribution in [-0.4, -0.2) is 22.4 Å². The van der Waals surface area contributed by atoms with Crippen molar-refractivity contribution >= 4 is 11.8 Å². The number of hydrogen-bond donors (Lipinski definition) is 1. The van der Waals surface area contributed by atoms with Gasteiger partial charge in [-0.15, -0.1) is 0 Å². The molecule has 7 heteroatoms. The molecule has 0 saturated heterocycles. The summed E-state index contributed by atoms with van der Waals surface area (Å²) in [6, 6.07) is 10.7. The molecule has 0 atom stereocenters. The van der Waals surface area contributed by atoms with Gasteiger partial charge in [-0.25, -0.2) is 5.01 Å². The van der Waals surface area contributed by atoms with Crippen LogP contribution in [0.2, 0.25) is 0 Å². The zero-order valence-electron chi connectivity index (χ0n) is 15.5. The zero-order chi connectivity index (χ0) is 20.4. The van der Waals surface area contributed by atoms with Gasteiger partial charge < -0.3 is 0 Å². The molecule has 1 N–H and O–H groups in total. The van der Waals surface area contributed by atoms with Crippen molar-refractivity contribution in [3.63, 3.8) is 0 Å². The minimum Gasteiger partial charge on any atom is -0.267 e. The molecule has 144 valence electrons. The molecule has 2 rings (SSSR count). The van der Waals surface area contributed by atoms with Gasteiger partial charge in [0, 0.05) is 11.1 Å². The number of carbonyl (C=O) groups excluding carboxylic acids is 2. The van der Waals surface area contributed by atoms with Crippen molar-refractivity contribution < 1.29 is 22.8 Å². The Morgan fingerprint density at radius 3 is 2.00 bits per heavy atom. The molecule has 0 fully saturated rings.